The number of aromatic nitrogens is 1. The molecule has 22 heavy (non-hydrogen) atoms. The minimum Gasteiger partial charge on any atom is -0.379 e. The van der Waals surface area contributed by atoms with E-state index in [2.05, 4.69) is 15.6 Å². The van der Waals surface area contributed by atoms with E-state index in [-0.39, 0.29) is 11.9 Å². The van der Waals surface area contributed by atoms with Crippen LogP contribution in [0.25, 0.3) is 10.2 Å². The summed E-state index contributed by atoms with van der Waals surface area (Å²) >= 11 is 2.93. The molecule has 1 unspecified atom stereocenters. The molecule has 1 aromatic carbocycles. The number of hydrogen-bond donors (Lipinski definition) is 2. The van der Waals surface area contributed by atoms with Crippen LogP contribution in [-0.4, -0.2) is 42.3 Å². The highest BCUT2D eigenvalue weighted by Crippen LogP contribution is 2.31. The number of ether oxygens (including phenoxy) is 1. The Balaban J connectivity index is 1.58. The van der Waals surface area contributed by atoms with E-state index < -0.39 is 0 Å². The number of nitrogens with one attached hydrogen (secondary N) is 2. The molecule has 8 heteroatoms. The summed E-state index contributed by atoms with van der Waals surface area (Å²) in [4.78, 5) is 26.8. The maximum absolute atomic E-state index is 11.9. The second-order valence-corrected chi connectivity index (χ2v) is 7.09. The van der Waals surface area contributed by atoms with E-state index in [0.717, 1.165) is 26.7 Å². The van der Waals surface area contributed by atoms with Gasteiger partial charge in [0.15, 0.2) is 4.34 Å². The molecule has 2 heterocycles. The average molecular weight is 337 g/mol. The summed E-state index contributed by atoms with van der Waals surface area (Å²) in [6.45, 7) is 1.32. The molecule has 2 N–H and O–H groups in total. The average Bonchev–Trinajstić information content (AvgIpc) is 3.14. The fourth-order valence-corrected chi connectivity index (χ4v) is 4.09. The quantitative estimate of drug-likeness (QED) is 0.621. The normalized spacial score (nSPS) is 17.5. The van der Waals surface area contributed by atoms with E-state index in [1.54, 1.807) is 6.07 Å². The van der Waals surface area contributed by atoms with Crippen LogP contribution in [0.3, 0.4) is 0 Å². The Labute approximate surface area is 135 Å². The molecule has 2 aromatic rings. The van der Waals surface area contributed by atoms with E-state index in [1.165, 1.54) is 23.1 Å². The third kappa shape index (κ3) is 3.76. The predicted molar refractivity (Wildman–Crippen MR) is 87.4 cm³/mol. The van der Waals surface area contributed by atoms with Gasteiger partial charge in [0.25, 0.3) is 0 Å². The smallest absolute Gasteiger partial charge is 0.230 e. The number of amides is 2. The van der Waals surface area contributed by atoms with Crippen molar-refractivity contribution in [1.29, 1.82) is 0 Å². The zero-order chi connectivity index (χ0) is 15.4. The van der Waals surface area contributed by atoms with Gasteiger partial charge in [-0.15, -0.1) is 11.3 Å². The minimum atomic E-state index is 0.00284. The van der Waals surface area contributed by atoms with Gasteiger partial charge in [0, 0.05) is 12.3 Å². The number of thioether (sulfide) groups is 1. The number of carbonyl (C=O) groups excluding carboxylic acids is 2. The number of thiazole rings is 1. The van der Waals surface area contributed by atoms with Crippen molar-refractivity contribution in [2.45, 2.75) is 16.8 Å². The number of rotatable bonds is 6. The van der Waals surface area contributed by atoms with Crippen LogP contribution >= 0.6 is 23.1 Å². The van der Waals surface area contributed by atoms with E-state index in [9.17, 15) is 9.59 Å². The molecule has 1 fully saturated rings. The van der Waals surface area contributed by atoms with Gasteiger partial charge in [-0.25, -0.2) is 4.98 Å². The van der Waals surface area contributed by atoms with E-state index in [4.69, 9.17) is 4.74 Å². The van der Waals surface area contributed by atoms with E-state index >= 15 is 0 Å². The fraction of sp³-hybridized carbons (Fsp3) is 0.357. The molecule has 1 atom stereocenters. The molecule has 1 aliphatic heterocycles. The lowest BCUT2D eigenvalue weighted by Crippen LogP contribution is -2.36. The summed E-state index contributed by atoms with van der Waals surface area (Å²) < 4.78 is 7.06. The van der Waals surface area contributed by atoms with Gasteiger partial charge in [0.05, 0.1) is 28.6 Å². The monoisotopic (exact) mass is 337 g/mol. The summed E-state index contributed by atoms with van der Waals surface area (Å²) in [6.07, 6.45) is 1.53. The first-order valence-corrected chi connectivity index (χ1v) is 8.65. The molecule has 6 nitrogen and oxygen atoms in total. The molecule has 3 rings (SSSR count). The van der Waals surface area contributed by atoms with Gasteiger partial charge in [-0.3, -0.25) is 9.59 Å². The maximum Gasteiger partial charge on any atom is 0.230 e. The Morgan fingerprint density at radius 2 is 2.45 bits per heavy atom. The van der Waals surface area contributed by atoms with Gasteiger partial charge >= 0.3 is 0 Å². The second kappa shape index (κ2) is 7.08. The lowest BCUT2D eigenvalue weighted by Gasteiger charge is -2.09. The molecular weight excluding hydrogens is 322 g/mol. The molecular formula is C14H15N3O3S2. The van der Waals surface area contributed by atoms with Crippen LogP contribution in [0.2, 0.25) is 0 Å². The zero-order valence-electron chi connectivity index (χ0n) is 11.7. The van der Waals surface area contributed by atoms with Crippen LogP contribution < -0.4 is 10.6 Å². The Hall–Kier alpha value is -1.64. The summed E-state index contributed by atoms with van der Waals surface area (Å²) in [5, 5.41) is 5.57. The maximum atomic E-state index is 11.9. The Kier molecular flexibility index (Phi) is 4.91. The van der Waals surface area contributed by atoms with Crippen molar-refractivity contribution in [2.24, 2.45) is 0 Å². The van der Waals surface area contributed by atoms with E-state index in [1.807, 2.05) is 12.1 Å². The number of fused-ring (bicyclic) bond motifs is 1. The van der Waals surface area contributed by atoms with Crippen molar-refractivity contribution in [3.8, 4) is 0 Å². The largest absolute Gasteiger partial charge is 0.379 e. The van der Waals surface area contributed by atoms with Crippen LogP contribution in [0.4, 0.5) is 5.69 Å². The minimum absolute atomic E-state index is 0.00284. The highest BCUT2D eigenvalue weighted by atomic mass is 32.2. The second-order valence-electron chi connectivity index (χ2n) is 4.84. The first-order chi connectivity index (χ1) is 10.7. The van der Waals surface area contributed by atoms with Crippen molar-refractivity contribution >= 4 is 51.3 Å². The first kappa shape index (κ1) is 15.3. The summed E-state index contributed by atoms with van der Waals surface area (Å²) in [5.74, 6) is 0.346. The number of anilines is 1. The van der Waals surface area contributed by atoms with Crippen molar-refractivity contribution in [1.82, 2.24) is 10.3 Å². The summed E-state index contributed by atoms with van der Waals surface area (Å²) in [7, 11) is 0. The van der Waals surface area contributed by atoms with Crippen LogP contribution in [-0.2, 0) is 14.3 Å². The number of benzene rings is 1. The Morgan fingerprint density at radius 1 is 1.55 bits per heavy atom. The molecule has 2 amide bonds. The first-order valence-electron chi connectivity index (χ1n) is 6.85. The molecule has 0 spiro atoms. The Bertz CT molecular complexity index is 683. The molecule has 1 aromatic heterocycles. The van der Waals surface area contributed by atoms with Crippen molar-refractivity contribution in [3.05, 3.63) is 18.2 Å². The zero-order valence-corrected chi connectivity index (χ0v) is 13.3. The SMILES string of the molecule is O=CNc1ccc2nc(SCC(=O)NC3CCOC3)sc2c1. The predicted octanol–water partition coefficient (Wildman–Crippen LogP) is 1.86. The molecule has 116 valence electrons. The van der Waals surface area contributed by atoms with E-state index in [0.29, 0.717) is 25.4 Å². The number of nitrogens with zero attached hydrogens (tertiary/aromatic N) is 1. The topological polar surface area (TPSA) is 80.3 Å². The van der Waals surface area contributed by atoms with Gasteiger partial charge < -0.3 is 15.4 Å². The standard InChI is InChI=1S/C14H15N3O3S2/c18-8-15-9-1-2-11-12(5-9)22-14(17-11)21-7-13(19)16-10-3-4-20-6-10/h1-2,5,8,10H,3-4,6-7H2,(H,15,18)(H,16,19). The van der Waals surface area contributed by atoms with Crippen LogP contribution in [0, 0.1) is 0 Å². The molecule has 1 saturated heterocycles. The fourth-order valence-electron chi connectivity index (χ4n) is 2.17. The number of carbonyl (C=O) groups is 2. The lowest BCUT2D eigenvalue weighted by molar-refractivity contribution is -0.119. The highest BCUT2D eigenvalue weighted by Gasteiger charge is 2.18. The van der Waals surface area contributed by atoms with Gasteiger partial charge in [-0.05, 0) is 24.6 Å². The van der Waals surface area contributed by atoms with Crippen molar-refractivity contribution in [2.75, 3.05) is 24.3 Å². The van der Waals surface area contributed by atoms with Gasteiger partial charge in [-0.1, -0.05) is 11.8 Å². The third-order valence-electron chi connectivity index (χ3n) is 3.22. The van der Waals surface area contributed by atoms with Crippen molar-refractivity contribution in [3.63, 3.8) is 0 Å². The summed E-state index contributed by atoms with van der Waals surface area (Å²) in [6, 6.07) is 5.68. The van der Waals surface area contributed by atoms with Crippen molar-refractivity contribution < 1.29 is 14.3 Å². The Morgan fingerprint density at radius 3 is 3.23 bits per heavy atom. The van der Waals surface area contributed by atoms with Crippen LogP contribution in [0.15, 0.2) is 22.5 Å². The number of hydrogen-bond acceptors (Lipinski definition) is 6. The molecule has 0 bridgehead atoms. The van der Waals surface area contributed by atoms with Gasteiger partial charge in [0.2, 0.25) is 12.3 Å². The highest BCUT2D eigenvalue weighted by molar-refractivity contribution is 8.01. The van der Waals surface area contributed by atoms with Crippen LogP contribution in [0.1, 0.15) is 6.42 Å². The third-order valence-corrected chi connectivity index (χ3v) is 5.38. The lowest BCUT2D eigenvalue weighted by atomic mass is 10.3. The van der Waals surface area contributed by atoms with Gasteiger partial charge in [-0.2, -0.15) is 0 Å². The molecule has 0 radical (unpaired) electrons. The molecule has 1 aliphatic rings. The molecule has 0 saturated carbocycles. The molecule has 0 aliphatic carbocycles. The van der Waals surface area contributed by atoms with Crippen LogP contribution in [0.5, 0.6) is 0 Å². The summed E-state index contributed by atoms with van der Waals surface area (Å²) in [5.41, 5.74) is 1.61. The van der Waals surface area contributed by atoms with Gasteiger partial charge in [0.1, 0.15) is 0 Å².